The minimum absolute atomic E-state index is 0.0604. The van der Waals surface area contributed by atoms with Crippen LogP contribution in [0.5, 0.6) is 0 Å². The van der Waals surface area contributed by atoms with E-state index in [-0.39, 0.29) is 15.9 Å². The number of ether oxygens (including phenoxy) is 1. The number of sulfonamides is 1. The van der Waals surface area contributed by atoms with E-state index in [4.69, 9.17) is 0 Å². The van der Waals surface area contributed by atoms with Crippen molar-refractivity contribution in [2.24, 2.45) is 5.92 Å². The van der Waals surface area contributed by atoms with Crippen LogP contribution in [0.4, 0.5) is 0 Å². The molecule has 0 spiro atoms. The normalized spacial score (nSPS) is 23.0. The van der Waals surface area contributed by atoms with E-state index in [1.54, 1.807) is 0 Å². The summed E-state index contributed by atoms with van der Waals surface area (Å²) in [5.74, 6) is -0.379. The fourth-order valence-electron chi connectivity index (χ4n) is 2.76. The van der Waals surface area contributed by atoms with Gasteiger partial charge in [0, 0.05) is 6.04 Å². The molecule has 8 heteroatoms. The van der Waals surface area contributed by atoms with Gasteiger partial charge in [-0.2, -0.15) is 0 Å². The molecule has 0 bridgehead atoms. The summed E-state index contributed by atoms with van der Waals surface area (Å²) in [6.07, 6.45) is 4.99. The number of nitrogens with zero attached hydrogens (tertiary/aromatic N) is 1. The molecule has 0 aromatic carbocycles. The van der Waals surface area contributed by atoms with Gasteiger partial charge in [-0.05, 0) is 18.8 Å². The third-order valence-electron chi connectivity index (χ3n) is 3.90. The number of carbonyl (C=O) groups is 1. The summed E-state index contributed by atoms with van der Waals surface area (Å²) in [4.78, 5) is 15.4. The second-order valence-corrected chi connectivity index (χ2v) is 7.92. The van der Waals surface area contributed by atoms with Crippen molar-refractivity contribution in [1.82, 2.24) is 9.71 Å². The summed E-state index contributed by atoms with van der Waals surface area (Å²) in [5.41, 5.74) is 1.21. The minimum Gasteiger partial charge on any atom is -0.464 e. The molecule has 21 heavy (non-hydrogen) atoms. The van der Waals surface area contributed by atoms with Gasteiger partial charge in [-0.3, -0.25) is 0 Å². The van der Waals surface area contributed by atoms with Crippen LogP contribution in [0.15, 0.2) is 9.72 Å². The first-order chi connectivity index (χ1) is 9.99. The molecule has 0 saturated heterocycles. The van der Waals surface area contributed by atoms with Crippen molar-refractivity contribution in [2.75, 3.05) is 7.11 Å². The van der Waals surface area contributed by atoms with Crippen LogP contribution < -0.4 is 4.72 Å². The largest absolute Gasteiger partial charge is 0.464 e. The number of rotatable bonds is 5. The number of aromatic nitrogens is 1. The summed E-state index contributed by atoms with van der Waals surface area (Å²) in [5, 5.41) is 0. The number of hydrogen-bond acceptors (Lipinski definition) is 6. The second kappa shape index (κ2) is 6.85. The van der Waals surface area contributed by atoms with Crippen molar-refractivity contribution in [1.29, 1.82) is 0 Å². The highest BCUT2D eigenvalue weighted by Gasteiger charge is 2.32. The average Bonchev–Trinajstić information content (AvgIpc) is 2.97. The molecule has 1 fully saturated rings. The summed E-state index contributed by atoms with van der Waals surface area (Å²) in [6.45, 7) is 2.07. The van der Waals surface area contributed by atoms with E-state index in [0.717, 1.165) is 43.4 Å². The summed E-state index contributed by atoms with van der Waals surface area (Å²) >= 11 is 0.935. The van der Waals surface area contributed by atoms with Gasteiger partial charge in [0.05, 0.1) is 12.6 Å². The SMILES string of the molecule is CCC1CCCCC1NS(=O)(=O)c1scnc1C(=O)OC. The zero-order valence-electron chi connectivity index (χ0n) is 12.2. The van der Waals surface area contributed by atoms with Gasteiger partial charge in [0.25, 0.3) is 10.0 Å². The molecule has 1 aromatic rings. The molecule has 1 aliphatic rings. The highest BCUT2D eigenvalue weighted by atomic mass is 32.2. The fraction of sp³-hybridized carbons (Fsp3) is 0.692. The van der Waals surface area contributed by atoms with Crippen molar-refractivity contribution in [2.45, 2.75) is 49.3 Å². The van der Waals surface area contributed by atoms with Gasteiger partial charge < -0.3 is 4.74 Å². The second-order valence-electron chi connectivity index (χ2n) is 5.16. The molecule has 118 valence electrons. The van der Waals surface area contributed by atoms with Crippen LogP contribution in [0, 0.1) is 5.92 Å². The van der Waals surface area contributed by atoms with Crippen molar-refractivity contribution in [3.8, 4) is 0 Å². The van der Waals surface area contributed by atoms with Crippen molar-refractivity contribution < 1.29 is 17.9 Å². The lowest BCUT2D eigenvalue weighted by atomic mass is 9.83. The molecule has 2 rings (SSSR count). The molecule has 2 unspecified atom stereocenters. The summed E-state index contributed by atoms with van der Waals surface area (Å²) in [7, 11) is -2.53. The Morgan fingerprint density at radius 2 is 2.19 bits per heavy atom. The van der Waals surface area contributed by atoms with Gasteiger partial charge in [0.15, 0.2) is 9.90 Å². The average molecular weight is 332 g/mol. The number of methoxy groups -OCH3 is 1. The number of carbonyl (C=O) groups excluding carboxylic acids is 1. The van der Waals surface area contributed by atoms with Gasteiger partial charge >= 0.3 is 5.97 Å². The van der Waals surface area contributed by atoms with Crippen LogP contribution in [0.3, 0.4) is 0 Å². The predicted octanol–water partition coefficient (Wildman–Crippen LogP) is 2.18. The highest BCUT2D eigenvalue weighted by molar-refractivity contribution is 7.91. The number of thiazole rings is 1. The van der Waals surface area contributed by atoms with Crippen LogP contribution in [-0.4, -0.2) is 32.5 Å². The Balaban J connectivity index is 2.22. The first kappa shape index (κ1) is 16.4. The molecule has 0 radical (unpaired) electrons. The lowest BCUT2D eigenvalue weighted by molar-refractivity contribution is 0.0590. The van der Waals surface area contributed by atoms with Crippen LogP contribution in [0.1, 0.15) is 49.5 Å². The van der Waals surface area contributed by atoms with Crippen LogP contribution in [0.25, 0.3) is 0 Å². The van der Waals surface area contributed by atoms with E-state index in [1.165, 1.54) is 12.6 Å². The lowest BCUT2D eigenvalue weighted by Gasteiger charge is -2.31. The molecule has 0 amide bonds. The Kier molecular flexibility index (Phi) is 5.34. The quantitative estimate of drug-likeness (QED) is 0.835. The Morgan fingerprint density at radius 3 is 2.86 bits per heavy atom. The molecule has 1 saturated carbocycles. The van der Waals surface area contributed by atoms with E-state index in [0.29, 0.717) is 5.92 Å². The lowest BCUT2D eigenvalue weighted by Crippen LogP contribution is -2.42. The van der Waals surface area contributed by atoms with Crippen LogP contribution >= 0.6 is 11.3 Å². The molecule has 6 nitrogen and oxygen atoms in total. The zero-order chi connectivity index (χ0) is 15.5. The first-order valence-electron chi connectivity index (χ1n) is 7.03. The Labute approximate surface area is 129 Å². The van der Waals surface area contributed by atoms with Gasteiger partial charge in [-0.25, -0.2) is 22.9 Å². The zero-order valence-corrected chi connectivity index (χ0v) is 13.8. The number of hydrogen-bond donors (Lipinski definition) is 1. The van der Waals surface area contributed by atoms with Crippen molar-refractivity contribution in [3.05, 3.63) is 11.2 Å². The third-order valence-corrected chi connectivity index (χ3v) is 6.76. The number of nitrogens with one attached hydrogen (secondary N) is 1. The molecule has 1 aliphatic carbocycles. The van der Waals surface area contributed by atoms with E-state index < -0.39 is 16.0 Å². The van der Waals surface area contributed by atoms with Crippen LogP contribution in [-0.2, 0) is 14.8 Å². The van der Waals surface area contributed by atoms with E-state index >= 15 is 0 Å². The van der Waals surface area contributed by atoms with Crippen molar-refractivity contribution in [3.63, 3.8) is 0 Å². The highest BCUT2D eigenvalue weighted by Crippen LogP contribution is 2.29. The first-order valence-corrected chi connectivity index (χ1v) is 9.40. The topological polar surface area (TPSA) is 85.4 Å². The van der Waals surface area contributed by atoms with Gasteiger partial charge in [0.1, 0.15) is 0 Å². The standard InChI is InChI=1S/C13H20N2O4S2/c1-3-9-6-4-5-7-10(9)15-21(17,18)13-11(12(16)19-2)14-8-20-13/h8-10,15H,3-7H2,1-2H3. The van der Waals surface area contributed by atoms with Crippen molar-refractivity contribution >= 4 is 27.3 Å². The minimum atomic E-state index is -3.74. The fourth-order valence-corrected chi connectivity index (χ4v) is 5.25. The van der Waals surface area contributed by atoms with Gasteiger partial charge in [-0.1, -0.05) is 26.2 Å². The molecular weight excluding hydrogens is 312 g/mol. The molecule has 1 aromatic heterocycles. The molecular formula is C13H20N2O4S2. The number of esters is 1. The molecule has 1 N–H and O–H groups in total. The van der Waals surface area contributed by atoms with Gasteiger partial charge in [0.2, 0.25) is 0 Å². The predicted molar refractivity (Wildman–Crippen MR) is 79.8 cm³/mol. The maximum absolute atomic E-state index is 12.5. The molecule has 1 heterocycles. The summed E-state index contributed by atoms with van der Waals surface area (Å²) in [6, 6.07) is -0.0682. The van der Waals surface area contributed by atoms with Gasteiger partial charge in [-0.15, -0.1) is 11.3 Å². The van der Waals surface area contributed by atoms with E-state index in [2.05, 4.69) is 21.4 Å². The van der Waals surface area contributed by atoms with E-state index in [1.807, 2.05) is 0 Å². The maximum atomic E-state index is 12.5. The third kappa shape index (κ3) is 3.61. The van der Waals surface area contributed by atoms with E-state index in [9.17, 15) is 13.2 Å². The smallest absolute Gasteiger partial charge is 0.358 e. The monoisotopic (exact) mass is 332 g/mol. The Hall–Kier alpha value is -0.990. The summed E-state index contributed by atoms with van der Waals surface area (Å²) < 4.78 is 32.3. The molecule has 2 atom stereocenters. The Bertz CT molecular complexity index is 597. The maximum Gasteiger partial charge on any atom is 0.358 e. The van der Waals surface area contributed by atoms with Crippen LogP contribution in [0.2, 0.25) is 0 Å². The molecule has 0 aliphatic heterocycles. The Morgan fingerprint density at radius 1 is 1.48 bits per heavy atom.